The Labute approximate surface area is 128 Å². The van der Waals surface area contributed by atoms with Gasteiger partial charge in [-0.1, -0.05) is 18.2 Å². The van der Waals surface area contributed by atoms with Gasteiger partial charge in [0.05, 0.1) is 12.6 Å². The first-order valence-corrected chi connectivity index (χ1v) is 7.67. The average Bonchev–Trinajstić information content (AvgIpc) is 3.27. The summed E-state index contributed by atoms with van der Waals surface area (Å²) in [7, 11) is 0. The highest BCUT2D eigenvalue weighted by Crippen LogP contribution is 2.23. The number of likely N-dealkylation sites (tertiary alicyclic amines) is 1. The lowest BCUT2D eigenvalue weighted by atomic mass is 10.2. The molecule has 1 aromatic carbocycles. The van der Waals surface area contributed by atoms with Gasteiger partial charge in [0.1, 0.15) is 5.69 Å². The number of carbonyl (C=O) groups is 1. The second-order valence-electron chi connectivity index (χ2n) is 5.79. The van der Waals surface area contributed by atoms with Crippen molar-refractivity contribution in [3.8, 4) is 0 Å². The molecule has 3 heterocycles. The minimum atomic E-state index is 0.0888. The minimum absolute atomic E-state index is 0.0888. The van der Waals surface area contributed by atoms with E-state index in [0.29, 0.717) is 5.69 Å². The van der Waals surface area contributed by atoms with E-state index in [2.05, 4.69) is 10.1 Å². The van der Waals surface area contributed by atoms with Crippen LogP contribution in [0.1, 0.15) is 23.3 Å². The predicted octanol–water partition coefficient (Wildman–Crippen LogP) is 2.67. The maximum absolute atomic E-state index is 12.8. The van der Waals surface area contributed by atoms with Crippen LogP contribution in [0.2, 0.25) is 0 Å². The van der Waals surface area contributed by atoms with Gasteiger partial charge >= 0.3 is 0 Å². The lowest BCUT2D eigenvalue weighted by Crippen LogP contribution is -2.38. The highest BCUT2D eigenvalue weighted by atomic mass is 16.2. The number of aromatic amines is 1. The fraction of sp³-hybridized carbons (Fsp3) is 0.294. The van der Waals surface area contributed by atoms with Crippen molar-refractivity contribution in [3.63, 3.8) is 0 Å². The molecule has 0 saturated carbocycles. The van der Waals surface area contributed by atoms with Gasteiger partial charge in [-0.3, -0.25) is 9.48 Å². The van der Waals surface area contributed by atoms with Crippen molar-refractivity contribution in [2.45, 2.75) is 25.4 Å². The summed E-state index contributed by atoms with van der Waals surface area (Å²) < 4.78 is 1.90. The largest absolute Gasteiger partial charge is 0.351 e. The Morgan fingerprint density at radius 1 is 1.32 bits per heavy atom. The molecule has 5 heteroatoms. The molecule has 0 aliphatic carbocycles. The molecule has 1 aliphatic rings. The molecule has 4 rings (SSSR count). The molecule has 0 spiro atoms. The Hall–Kier alpha value is -2.56. The second-order valence-corrected chi connectivity index (χ2v) is 5.79. The molecule has 3 aromatic rings. The quantitative estimate of drug-likeness (QED) is 0.807. The van der Waals surface area contributed by atoms with Crippen LogP contribution in [-0.4, -0.2) is 38.2 Å². The van der Waals surface area contributed by atoms with Gasteiger partial charge in [0, 0.05) is 29.8 Å². The van der Waals surface area contributed by atoms with Gasteiger partial charge in [0.15, 0.2) is 0 Å². The van der Waals surface area contributed by atoms with Crippen molar-refractivity contribution >= 4 is 16.8 Å². The van der Waals surface area contributed by atoms with E-state index in [0.717, 1.165) is 36.8 Å². The fourth-order valence-corrected chi connectivity index (χ4v) is 3.26. The van der Waals surface area contributed by atoms with Crippen LogP contribution in [0, 0.1) is 0 Å². The first-order chi connectivity index (χ1) is 10.8. The number of hydrogen-bond acceptors (Lipinski definition) is 2. The fourth-order valence-electron chi connectivity index (χ4n) is 3.26. The van der Waals surface area contributed by atoms with Gasteiger partial charge in [-0.25, -0.2) is 0 Å². The molecular weight excluding hydrogens is 276 g/mol. The second kappa shape index (κ2) is 5.33. The standard InChI is InChI=1S/C17H18N4O/c22-17(16-11-13-5-1-2-7-15(13)19-16)21-10-3-6-14(21)12-20-9-4-8-18-20/h1-2,4-5,7-9,11,14,19H,3,6,10,12H2/t14-/m0/s1. The molecule has 5 nitrogen and oxygen atoms in total. The van der Waals surface area contributed by atoms with E-state index < -0.39 is 0 Å². The number of H-pyrrole nitrogens is 1. The zero-order valence-electron chi connectivity index (χ0n) is 12.3. The summed E-state index contributed by atoms with van der Waals surface area (Å²) in [6.07, 6.45) is 5.81. The highest BCUT2D eigenvalue weighted by Gasteiger charge is 2.30. The number of amides is 1. The van der Waals surface area contributed by atoms with Crippen LogP contribution in [0.15, 0.2) is 48.8 Å². The molecule has 1 fully saturated rings. The summed E-state index contributed by atoms with van der Waals surface area (Å²) in [5.74, 6) is 0.0888. The first kappa shape index (κ1) is 13.1. The Bertz CT molecular complexity index is 757. The lowest BCUT2D eigenvalue weighted by molar-refractivity contribution is 0.0716. The lowest BCUT2D eigenvalue weighted by Gasteiger charge is -2.24. The first-order valence-electron chi connectivity index (χ1n) is 7.67. The third-order valence-electron chi connectivity index (χ3n) is 4.36. The van der Waals surface area contributed by atoms with E-state index in [-0.39, 0.29) is 11.9 Å². The van der Waals surface area contributed by atoms with Gasteiger partial charge < -0.3 is 9.88 Å². The van der Waals surface area contributed by atoms with Gasteiger partial charge in [-0.05, 0) is 31.0 Å². The maximum Gasteiger partial charge on any atom is 0.270 e. The van der Waals surface area contributed by atoms with Crippen molar-refractivity contribution in [2.75, 3.05) is 6.54 Å². The number of hydrogen-bond donors (Lipinski definition) is 1. The molecule has 1 aliphatic heterocycles. The number of benzene rings is 1. The summed E-state index contributed by atoms with van der Waals surface area (Å²) in [5, 5.41) is 5.33. The Morgan fingerprint density at radius 3 is 3.05 bits per heavy atom. The number of para-hydroxylation sites is 1. The van der Waals surface area contributed by atoms with Gasteiger partial charge in [-0.15, -0.1) is 0 Å². The van der Waals surface area contributed by atoms with Crippen molar-refractivity contribution in [1.82, 2.24) is 19.7 Å². The molecule has 1 amide bonds. The minimum Gasteiger partial charge on any atom is -0.351 e. The summed E-state index contributed by atoms with van der Waals surface area (Å²) in [6.45, 7) is 1.58. The van der Waals surface area contributed by atoms with Crippen molar-refractivity contribution < 1.29 is 4.79 Å². The van der Waals surface area contributed by atoms with Crippen LogP contribution in [0.5, 0.6) is 0 Å². The molecule has 112 valence electrons. The average molecular weight is 294 g/mol. The van der Waals surface area contributed by atoms with Crippen LogP contribution in [0.25, 0.3) is 10.9 Å². The Morgan fingerprint density at radius 2 is 2.23 bits per heavy atom. The molecule has 0 bridgehead atoms. The Balaban J connectivity index is 1.58. The summed E-state index contributed by atoms with van der Waals surface area (Å²) in [6, 6.07) is 12.1. The highest BCUT2D eigenvalue weighted by molar-refractivity contribution is 5.98. The molecule has 22 heavy (non-hydrogen) atoms. The van der Waals surface area contributed by atoms with Crippen LogP contribution in [0.4, 0.5) is 0 Å². The molecule has 1 N–H and O–H groups in total. The molecule has 0 radical (unpaired) electrons. The smallest absolute Gasteiger partial charge is 0.270 e. The molecule has 0 unspecified atom stereocenters. The summed E-state index contributed by atoms with van der Waals surface area (Å²) in [5.41, 5.74) is 1.68. The van der Waals surface area contributed by atoms with Crippen molar-refractivity contribution in [1.29, 1.82) is 0 Å². The van der Waals surface area contributed by atoms with E-state index in [1.165, 1.54) is 0 Å². The van der Waals surface area contributed by atoms with Gasteiger partial charge in [0.2, 0.25) is 0 Å². The number of rotatable bonds is 3. The number of nitrogens with zero attached hydrogens (tertiary/aromatic N) is 3. The Kier molecular flexibility index (Phi) is 3.18. The zero-order valence-corrected chi connectivity index (χ0v) is 12.3. The summed E-state index contributed by atoms with van der Waals surface area (Å²) >= 11 is 0. The van der Waals surface area contributed by atoms with E-state index >= 15 is 0 Å². The topological polar surface area (TPSA) is 53.9 Å². The molecule has 1 saturated heterocycles. The van der Waals surface area contributed by atoms with E-state index in [1.54, 1.807) is 6.20 Å². The van der Waals surface area contributed by atoms with E-state index in [9.17, 15) is 4.79 Å². The van der Waals surface area contributed by atoms with Crippen molar-refractivity contribution in [2.24, 2.45) is 0 Å². The normalized spacial score (nSPS) is 18.2. The number of carbonyl (C=O) groups excluding carboxylic acids is 1. The van der Waals surface area contributed by atoms with Crippen molar-refractivity contribution in [3.05, 3.63) is 54.5 Å². The van der Waals surface area contributed by atoms with Crippen LogP contribution in [0.3, 0.4) is 0 Å². The van der Waals surface area contributed by atoms with Crippen LogP contribution >= 0.6 is 0 Å². The SMILES string of the molecule is O=C(c1cc2ccccc2[nH]1)N1CCC[C@H]1Cn1cccn1. The molecular formula is C17H18N4O. The van der Waals surface area contributed by atoms with Gasteiger partial charge in [0.25, 0.3) is 5.91 Å². The van der Waals surface area contributed by atoms with Crippen LogP contribution in [-0.2, 0) is 6.54 Å². The number of nitrogens with one attached hydrogen (secondary N) is 1. The molecule has 2 aromatic heterocycles. The molecule has 1 atom stereocenters. The number of aromatic nitrogens is 3. The van der Waals surface area contributed by atoms with E-state index in [4.69, 9.17) is 0 Å². The summed E-state index contributed by atoms with van der Waals surface area (Å²) in [4.78, 5) is 18.0. The van der Waals surface area contributed by atoms with E-state index in [1.807, 2.05) is 52.2 Å². The predicted molar refractivity (Wildman–Crippen MR) is 84.6 cm³/mol. The van der Waals surface area contributed by atoms with Crippen LogP contribution < -0.4 is 0 Å². The third kappa shape index (κ3) is 2.28. The third-order valence-corrected chi connectivity index (χ3v) is 4.36. The number of fused-ring (bicyclic) bond motifs is 1. The maximum atomic E-state index is 12.8. The zero-order chi connectivity index (χ0) is 14.9. The monoisotopic (exact) mass is 294 g/mol. The van der Waals surface area contributed by atoms with Gasteiger partial charge in [-0.2, -0.15) is 5.10 Å².